The first kappa shape index (κ1) is 21.8. The summed E-state index contributed by atoms with van der Waals surface area (Å²) in [7, 11) is 1.59. The van der Waals surface area contributed by atoms with E-state index in [1.807, 2.05) is 31.2 Å². The van der Waals surface area contributed by atoms with Gasteiger partial charge in [0.1, 0.15) is 11.6 Å². The van der Waals surface area contributed by atoms with Gasteiger partial charge in [-0.25, -0.2) is 4.39 Å². The summed E-state index contributed by atoms with van der Waals surface area (Å²) in [5.74, 6) is -0.795. The van der Waals surface area contributed by atoms with Gasteiger partial charge in [-0.2, -0.15) is 0 Å². The number of ether oxygens (including phenoxy) is 1. The zero-order chi connectivity index (χ0) is 23.0. The molecule has 0 spiro atoms. The number of dihydropyridines is 1. The van der Waals surface area contributed by atoms with E-state index < -0.39 is 17.6 Å². The lowest BCUT2D eigenvalue weighted by Crippen LogP contribution is -2.39. The molecule has 0 unspecified atom stereocenters. The van der Waals surface area contributed by atoms with E-state index in [1.54, 1.807) is 19.2 Å². The second-order valence-corrected chi connectivity index (χ2v) is 9.14. The van der Waals surface area contributed by atoms with Gasteiger partial charge in [-0.1, -0.05) is 38.1 Å². The van der Waals surface area contributed by atoms with Crippen molar-refractivity contribution in [2.45, 2.75) is 39.5 Å². The number of carbonyl (C=O) groups excluding carboxylic acids is 2. The monoisotopic (exact) mass is 434 g/mol. The highest BCUT2D eigenvalue weighted by Gasteiger charge is 2.42. The predicted molar refractivity (Wildman–Crippen MR) is 122 cm³/mol. The maximum absolute atomic E-state index is 14.2. The zero-order valence-electron chi connectivity index (χ0n) is 18.7. The lowest BCUT2D eigenvalue weighted by Gasteiger charge is -2.39. The molecule has 32 heavy (non-hydrogen) atoms. The van der Waals surface area contributed by atoms with E-state index >= 15 is 0 Å². The molecule has 0 radical (unpaired) electrons. The number of amides is 1. The number of ketones is 1. The summed E-state index contributed by atoms with van der Waals surface area (Å²) in [6, 6.07) is 13.4. The van der Waals surface area contributed by atoms with Crippen molar-refractivity contribution in [2.75, 3.05) is 12.4 Å². The second kappa shape index (κ2) is 8.26. The number of rotatable bonds is 4. The molecule has 2 aromatic carbocycles. The number of para-hydroxylation sites is 1. The van der Waals surface area contributed by atoms with Crippen molar-refractivity contribution in [1.82, 2.24) is 5.32 Å². The lowest BCUT2D eigenvalue weighted by molar-refractivity contribution is -0.118. The minimum atomic E-state index is -0.549. The average molecular weight is 435 g/mol. The number of halogens is 1. The van der Waals surface area contributed by atoms with E-state index in [2.05, 4.69) is 24.5 Å². The molecule has 1 aliphatic carbocycles. The van der Waals surface area contributed by atoms with Crippen LogP contribution in [-0.4, -0.2) is 18.8 Å². The molecule has 1 heterocycles. The largest absolute Gasteiger partial charge is 0.497 e. The smallest absolute Gasteiger partial charge is 0.254 e. The highest BCUT2D eigenvalue weighted by Crippen LogP contribution is 2.46. The molecule has 0 aromatic heterocycles. The van der Waals surface area contributed by atoms with Gasteiger partial charge in [-0.05, 0) is 48.6 Å². The molecule has 0 saturated carbocycles. The minimum absolute atomic E-state index is 0.0215. The molecule has 0 saturated heterocycles. The molecular weight excluding hydrogens is 407 g/mol. The predicted octanol–water partition coefficient (Wildman–Crippen LogP) is 5.08. The Balaban J connectivity index is 1.81. The summed E-state index contributed by atoms with van der Waals surface area (Å²) in [5.41, 5.74) is 3.27. The van der Waals surface area contributed by atoms with Gasteiger partial charge in [0.15, 0.2) is 5.78 Å². The number of nitrogens with one attached hydrogen (secondary N) is 2. The summed E-state index contributed by atoms with van der Waals surface area (Å²) >= 11 is 0. The van der Waals surface area contributed by atoms with Crippen LogP contribution in [0.3, 0.4) is 0 Å². The molecule has 0 bridgehead atoms. The Kier molecular flexibility index (Phi) is 5.63. The van der Waals surface area contributed by atoms with Crippen LogP contribution in [0.15, 0.2) is 71.1 Å². The molecule has 5 nitrogen and oxygen atoms in total. The van der Waals surface area contributed by atoms with Crippen LogP contribution in [0.25, 0.3) is 0 Å². The molecule has 166 valence electrons. The van der Waals surface area contributed by atoms with Crippen LogP contribution in [0.2, 0.25) is 0 Å². The number of benzene rings is 2. The Hall–Kier alpha value is -3.41. The molecule has 2 aliphatic rings. The molecule has 1 aliphatic heterocycles. The van der Waals surface area contributed by atoms with Gasteiger partial charge in [0, 0.05) is 34.9 Å². The number of methoxy groups -OCH3 is 1. The van der Waals surface area contributed by atoms with Crippen LogP contribution >= 0.6 is 0 Å². The van der Waals surface area contributed by atoms with Gasteiger partial charge in [-0.3, -0.25) is 9.59 Å². The Morgan fingerprint density at radius 3 is 2.47 bits per heavy atom. The normalized spacial score (nSPS) is 19.9. The first-order valence-corrected chi connectivity index (χ1v) is 10.6. The van der Waals surface area contributed by atoms with Gasteiger partial charge in [0.2, 0.25) is 0 Å². The van der Waals surface area contributed by atoms with Gasteiger partial charge < -0.3 is 15.4 Å². The van der Waals surface area contributed by atoms with Crippen LogP contribution in [-0.2, 0) is 9.59 Å². The van der Waals surface area contributed by atoms with Gasteiger partial charge in [0.25, 0.3) is 5.91 Å². The van der Waals surface area contributed by atoms with Crippen LogP contribution in [0, 0.1) is 11.2 Å². The van der Waals surface area contributed by atoms with Crippen LogP contribution in [0.4, 0.5) is 10.1 Å². The van der Waals surface area contributed by atoms with E-state index in [-0.39, 0.29) is 16.9 Å². The summed E-state index contributed by atoms with van der Waals surface area (Å²) in [6.45, 7) is 5.96. The lowest BCUT2D eigenvalue weighted by atomic mass is 9.68. The molecule has 1 atom stereocenters. The Morgan fingerprint density at radius 1 is 1.12 bits per heavy atom. The molecule has 4 rings (SSSR count). The van der Waals surface area contributed by atoms with Crippen molar-refractivity contribution in [2.24, 2.45) is 5.41 Å². The average Bonchev–Trinajstić information content (AvgIpc) is 2.73. The van der Waals surface area contributed by atoms with Crippen molar-refractivity contribution < 1.29 is 18.7 Å². The first-order chi connectivity index (χ1) is 15.2. The van der Waals surface area contributed by atoms with E-state index in [0.29, 0.717) is 35.4 Å². The third-order valence-corrected chi connectivity index (χ3v) is 6.06. The highest BCUT2D eigenvalue weighted by molar-refractivity contribution is 6.10. The Bertz CT molecular complexity index is 1150. The van der Waals surface area contributed by atoms with Crippen LogP contribution < -0.4 is 15.4 Å². The molecular formula is C26H27FN2O3. The van der Waals surface area contributed by atoms with Crippen molar-refractivity contribution in [1.29, 1.82) is 0 Å². The number of carbonyl (C=O) groups is 2. The van der Waals surface area contributed by atoms with E-state index in [9.17, 15) is 14.0 Å². The van der Waals surface area contributed by atoms with Crippen LogP contribution in [0.1, 0.15) is 45.1 Å². The highest BCUT2D eigenvalue weighted by atomic mass is 19.1. The fraction of sp³-hybridized carbons (Fsp3) is 0.308. The number of Topliss-reactive ketones (excluding diaryl/α,β-unsaturated/α-hetero) is 1. The van der Waals surface area contributed by atoms with E-state index in [0.717, 1.165) is 11.3 Å². The maximum atomic E-state index is 14.2. The standard InChI is InChI=1S/C26H27FN2O3/c1-15-22(25(31)29-19-8-6-5-7-18(19)27)23(16-9-11-17(32-4)12-10-16)24-20(28-15)13-26(2,3)14-21(24)30/h5-12,23,28H,13-14H2,1-4H3,(H,29,31)/t23-/m1/s1. The topological polar surface area (TPSA) is 67.4 Å². The fourth-order valence-electron chi connectivity index (χ4n) is 4.62. The number of anilines is 1. The van der Waals surface area contributed by atoms with Gasteiger partial charge in [-0.15, -0.1) is 0 Å². The quantitative estimate of drug-likeness (QED) is 0.705. The third kappa shape index (κ3) is 4.05. The SMILES string of the molecule is COc1ccc([C@@H]2C(C(=O)Nc3ccccc3F)=C(C)NC3=C2C(=O)CC(C)(C)C3)cc1. The van der Waals surface area contributed by atoms with Gasteiger partial charge in [0.05, 0.1) is 12.8 Å². The van der Waals surface area contributed by atoms with Gasteiger partial charge >= 0.3 is 0 Å². The molecule has 0 fully saturated rings. The summed E-state index contributed by atoms with van der Waals surface area (Å²) < 4.78 is 19.5. The zero-order valence-corrected chi connectivity index (χ0v) is 18.7. The molecule has 2 aromatic rings. The summed E-state index contributed by atoms with van der Waals surface area (Å²) in [5, 5.41) is 6.01. The summed E-state index contributed by atoms with van der Waals surface area (Å²) in [6.07, 6.45) is 1.11. The molecule has 1 amide bonds. The second-order valence-electron chi connectivity index (χ2n) is 9.14. The number of hydrogen-bond acceptors (Lipinski definition) is 4. The molecule has 6 heteroatoms. The van der Waals surface area contributed by atoms with Crippen LogP contribution in [0.5, 0.6) is 5.75 Å². The van der Waals surface area contributed by atoms with Crippen molar-refractivity contribution >= 4 is 17.4 Å². The van der Waals surface area contributed by atoms with E-state index in [1.165, 1.54) is 12.1 Å². The summed E-state index contributed by atoms with van der Waals surface area (Å²) in [4.78, 5) is 26.7. The Labute approximate surface area is 187 Å². The van der Waals surface area contributed by atoms with E-state index in [4.69, 9.17) is 4.74 Å². The van der Waals surface area contributed by atoms with Crippen molar-refractivity contribution in [3.05, 3.63) is 82.5 Å². The maximum Gasteiger partial charge on any atom is 0.254 e. The van der Waals surface area contributed by atoms with Crippen molar-refractivity contribution in [3.63, 3.8) is 0 Å². The fourth-order valence-corrected chi connectivity index (χ4v) is 4.62. The molecule has 2 N–H and O–H groups in total. The minimum Gasteiger partial charge on any atom is -0.497 e. The third-order valence-electron chi connectivity index (χ3n) is 6.06. The van der Waals surface area contributed by atoms with Crippen molar-refractivity contribution in [3.8, 4) is 5.75 Å². The first-order valence-electron chi connectivity index (χ1n) is 10.6. The Morgan fingerprint density at radius 2 is 1.81 bits per heavy atom. The number of allylic oxidation sites excluding steroid dienone is 3. The number of hydrogen-bond donors (Lipinski definition) is 2.